The molecule has 0 rings (SSSR count). The van der Waals surface area contributed by atoms with Crippen LogP contribution >= 0.6 is 15.6 Å². The molecule has 19 heteroatoms. The molecule has 0 heterocycles. The fourth-order valence-electron chi connectivity index (χ4n) is 9.68. The van der Waals surface area contributed by atoms with Crippen LogP contribution in [0.3, 0.4) is 0 Å². The van der Waals surface area contributed by atoms with Crippen LogP contribution in [0.2, 0.25) is 0 Å². The summed E-state index contributed by atoms with van der Waals surface area (Å²) in [6.07, 6.45) is 40.5. The minimum atomic E-state index is -4.94. The molecule has 17 nitrogen and oxygen atoms in total. The van der Waals surface area contributed by atoms with E-state index in [0.717, 1.165) is 115 Å². The quantitative estimate of drug-likeness (QED) is 0.0222. The number of phosphoric ester groups is 2. The van der Waals surface area contributed by atoms with E-state index < -0.39 is 97.5 Å². The van der Waals surface area contributed by atoms with Crippen LogP contribution in [0.15, 0.2) is 0 Å². The number of phosphoric acid groups is 2. The Kier molecular flexibility index (Phi) is 56.2. The van der Waals surface area contributed by atoms with Gasteiger partial charge in [-0.2, -0.15) is 0 Å². The van der Waals surface area contributed by atoms with Crippen molar-refractivity contribution in [3.63, 3.8) is 0 Å². The first-order chi connectivity index (χ1) is 40.4. The number of unbranched alkanes of at least 4 members (excludes halogenated alkanes) is 33. The SMILES string of the molecule is CCCCCCCCCCCC(=O)O[C@H](COC(=O)CCCCCCCCC)COP(=O)(O)OC[C@H](O)COP(=O)(O)OC[C@@H](COC(=O)CCCCCCCCCC(C)C)OC(=O)CCCCCCCCCCCCCCCCC(C)CC. The lowest BCUT2D eigenvalue weighted by molar-refractivity contribution is -0.161. The maximum Gasteiger partial charge on any atom is 0.472 e. The average Bonchev–Trinajstić information content (AvgIpc) is 3.58. The Labute approximate surface area is 511 Å². The van der Waals surface area contributed by atoms with Crippen molar-refractivity contribution in [1.82, 2.24) is 0 Å². The molecule has 0 radical (unpaired) electrons. The molecule has 0 fully saturated rings. The molecule has 0 aliphatic heterocycles. The summed E-state index contributed by atoms with van der Waals surface area (Å²) >= 11 is 0. The second-order valence-electron chi connectivity index (χ2n) is 24.2. The summed E-state index contributed by atoms with van der Waals surface area (Å²) in [6.45, 7) is 9.45. The van der Waals surface area contributed by atoms with Gasteiger partial charge in [-0.05, 0) is 37.5 Å². The van der Waals surface area contributed by atoms with Crippen LogP contribution in [0.5, 0.6) is 0 Å². The molecular weight excluding hydrogens is 1110 g/mol. The lowest BCUT2D eigenvalue weighted by Gasteiger charge is -2.21. The number of rotatable bonds is 64. The van der Waals surface area contributed by atoms with Crippen LogP contribution < -0.4 is 0 Å². The number of aliphatic hydroxyl groups is 1. The highest BCUT2D eigenvalue weighted by atomic mass is 31.2. The zero-order chi connectivity index (χ0) is 62.2. The maximum absolute atomic E-state index is 13.0. The molecule has 498 valence electrons. The molecule has 0 spiro atoms. The van der Waals surface area contributed by atoms with E-state index >= 15 is 0 Å². The molecule has 0 amide bonds. The minimum Gasteiger partial charge on any atom is -0.462 e. The maximum atomic E-state index is 13.0. The number of ether oxygens (including phenoxy) is 4. The van der Waals surface area contributed by atoms with Gasteiger partial charge in [-0.15, -0.1) is 0 Å². The van der Waals surface area contributed by atoms with Crippen molar-refractivity contribution in [2.75, 3.05) is 39.6 Å². The van der Waals surface area contributed by atoms with Crippen molar-refractivity contribution in [1.29, 1.82) is 0 Å². The summed E-state index contributed by atoms with van der Waals surface area (Å²) in [5.74, 6) is -0.587. The lowest BCUT2D eigenvalue weighted by atomic mass is 9.99. The summed E-state index contributed by atoms with van der Waals surface area (Å²) in [7, 11) is -9.88. The van der Waals surface area contributed by atoms with Crippen molar-refractivity contribution in [2.45, 2.75) is 342 Å². The largest absolute Gasteiger partial charge is 0.472 e. The van der Waals surface area contributed by atoms with Crippen molar-refractivity contribution < 1.29 is 80.2 Å². The van der Waals surface area contributed by atoms with E-state index in [1.165, 1.54) is 122 Å². The van der Waals surface area contributed by atoms with Crippen LogP contribution in [-0.4, -0.2) is 96.7 Å². The van der Waals surface area contributed by atoms with E-state index in [9.17, 15) is 43.2 Å². The molecular formula is C65H126O17P2. The normalized spacial score (nSPS) is 14.6. The Hall–Kier alpha value is -1.94. The van der Waals surface area contributed by atoms with Crippen LogP contribution in [0.25, 0.3) is 0 Å². The molecule has 84 heavy (non-hydrogen) atoms. The number of carbonyl (C=O) groups is 4. The van der Waals surface area contributed by atoms with E-state index in [4.69, 9.17) is 37.0 Å². The van der Waals surface area contributed by atoms with Crippen LogP contribution in [0.4, 0.5) is 0 Å². The van der Waals surface area contributed by atoms with Gasteiger partial charge in [-0.3, -0.25) is 37.3 Å². The molecule has 0 aliphatic carbocycles. The van der Waals surface area contributed by atoms with Gasteiger partial charge < -0.3 is 33.8 Å². The van der Waals surface area contributed by atoms with Crippen molar-refractivity contribution >= 4 is 39.5 Å². The second kappa shape index (κ2) is 57.5. The fourth-order valence-corrected chi connectivity index (χ4v) is 11.3. The van der Waals surface area contributed by atoms with Gasteiger partial charge in [0.1, 0.15) is 19.3 Å². The topological polar surface area (TPSA) is 237 Å². The third-order valence-corrected chi connectivity index (χ3v) is 17.2. The van der Waals surface area contributed by atoms with Gasteiger partial charge >= 0.3 is 39.5 Å². The summed E-state index contributed by atoms with van der Waals surface area (Å²) < 4.78 is 67.9. The van der Waals surface area contributed by atoms with Gasteiger partial charge in [-0.25, -0.2) is 9.13 Å². The Morgan fingerprint density at radius 2 is 0.607 bits per heavy atom. The number of esters is 4. The molecule has 0 saturated carbocycles. The second-order valence-corrected chi connectivity index (χ2v) is 27.1. The van der Waals surface area contributed by atoms with E-state index in [0.29, 0.717) is 31.6 Å². The summed E-state index contributed by atoms with van der Waals surface area (Å²) in [4.78, 5) is 72.1. The fraction of sp³-hybridized carbons (Fsp3) is 0.938. The summed E-state index contributed by atoms with van der Waals surface area (Å²) in [5.41, 5.74) is 0. The number of carbonyl (C=O) groups excluding carboxylic acids is 4. The molecule has 0 aromatic rings. The first-order valence-corrected chi connectivity index (χ1v) is 37.0. The molecule has 0 saturated heterocycles. The first-order valence-electron chi connectivity index (χ1n) is 34.0. The third kappa shape index (κ3) is 57.8. The van der Waals surface area contributed by atoms with Gasteiger partial charge in [0.15, 0.2) is 12.2 Å². The molecule has 6 atom stereocenters. The molecule has 3 N–H and O–H groups in total. The highest BCUT2D eigenvalue weighted by molar-refractivity contribution is 7.47. The summed E-state index contributed by atoms with van der Waals surface area (Å²) in [6, 6.07) is 0. The van der Waals surface area contributed by atoms with E-state index in [1.807, 2.05) is 0 Å². The predicted octanol–water partition coefficient (Wildman–Crippen LogP) is 18.0. The van der Waals surface area contributed by atoms with Crippen molar-refractivity contribution in [3.8, 4) is 0 Å². The Balaban J connectivity index is 5.16. The minimum absolute atomic E-state index is 0.105. The van der Waals surface area contributed by atoms with Crippen molar-refractivity contribution in [3.05, 3.63) is 0 Å². The average molecular weight is 1240 g/mol. The molecule has 0 bridgehead atoms. The molecule has 0 aromatic heterocycles. The number of hydrogen-bond donors (Lipinski definition) is 3. The zero-order valence-corrected chi connectivity index (χ0v) is 56.0. The van der Waals surface area contributed by atoms with Crippen molar-refractivity contribution in [2.24, 2.45) is 11.8 Å². The zero-order valence-electron chi connectivity index (χ0n) is 54.2. The molecule has 0 aromatic carbocycles. The van der Waals surface area contributed by atoms with Gasteiger partial charge in [0.2, 0.25) is 0 Å². The Morgan fingerprint density at radius 1 is 0.345 bits per heavy atom. The number of hydrogen-bond acceptors (Lipinski definition) is 15. The van der Waals surface area contributed by atoms with E-state index in [-0.39, 0.29) is 25.7 Å². The lowest BCUT2D eigenvalue weighted by Crippen LogP contribution is -2.30. The molecule has 0 aliphatic rings. The predicted molar refractivity (Wildman–Crippen MR) is 335 cm³/mol. The smallest absolute Gasteiger partial charge is 0.462 e. The van der Waals surface area contributed by atoms with Gasteiger partial charge in [0.05, 0.1) is 26.4 Å². The standard InChI is InChI=1S/C65H126O17P2/c1-7-10-12-14-16-23-30-37-43-49-64(69)81-60(53-75-62(67)47-41-35-27-15-13-11-8-2)55-79-83(71,72)77-51-59(66)52-78-84(73,74)80-56-61(54-76-63(68)48-42-36-32-26-28-33-39-45-57(4)5)82-65(70)50-44-38-31-25-22-20-18-17-19-21-24-29-34-40-46-58(6)9-3/h57-61,66H,7-56H2,1-6H3,(H,71,72)(H,73,74)/t58?,59-,60+,61+/m0/s1. The van der Waals surface area contributed by atoms with Crippen LogP contribution in [0.1, 0.15) is 324 Å². The van der Waals surface area contributed by atoms with E-state index in [1.54, 1.807) is 0 Å². The molecule has 3 unspecified atom stereocenters. The van der Waals surface area contributed by atoms with E-state index in [2.05, 4.69) is 41.5 Å². The number of aliphatic hydroxyl groups excluding tert-OH is 1. The van der Waals surface area contributed by atoms with Gasteiger partial charge in [0, 0.05) is 25.7 Å². The van der Waals surface area contributed by atoms with Crippen LogP contribution in [-0.2, 0) is 65.4 Å². The third-order valence-electron chi connectivity index (χ3n) is 15.3. The monoisotopic (exact) mass is 1240 g/mol. The van der Waals surface area contributed by atoms with Gasteiger partial charge in [-0.1, -0.05) is 273 Å². The Morgan fingerprint density at radius 3 is 0.905 bits per heavy atom. The summed E-state index contributed by atoms with van der Waals surface area (Å²) in [5, 5.41) is 10.5. The van der Waals surface area contributed by atoms with Crippen LogP contribution in [0, 0.1) is 11.8 Å². The Bertz CT molecular complexity index is 1650. The highest BCUT2D eigenvalue weighted by Crippen LogP contribution is 2.45. The highest BCUT2D eigenvalue weighted by Gasteiger charge is 2.30. The van der Waals surface area contributed by atoms with Gasteiger partial charge in [0.25, 0.3) is 0 Å². The first kappa shape index (κ1) is 82.1.